The predicted molar refractivity (Wildman–Crippen MR) is 199 cm³/mol. The molecule has 0 spiro atoms. The SMILES string of the molecule is COc1cc2cc(c1Cl)N(C)C(=O)CC(OC(=O)C(C)N(C)C(=O)CCC(C)S)C1(C)OC1C(C)C1CC(O)(NC(=O)O1)C(OC)/C=C/C=C(\C)C2. The largest absolute Gasteiger partial charge is 0.495 e. The minimum atomic E-state index is -1.82. The number of aliphatic hydroxyl groups is 1. The number of rotatable bonds is 8. The van der Waals surface area contributed by atoms with Gasteiger partial charge in [-0.2, -0.15) is 12.6 Å². The summed E-state index contributed by atoms with van der Waals surface area (Å²) in [4.78, 5) is 56.2. The number of methoxy groups -OCH3 is 2. The van der Waals surface area contributed by atoms with Gasteiger partial charge >= 0.3 is 12.1 Å². The summed E-state index contributed by atoms with van der Waals surface area (Å²) in [5.41, 5.74) is -0.906. The number of anilines is 1. The molecule has 3 heterocycles. The summed E-state index contributed by atoms with van der Waals surface area (Å²) in [5, 5.41) is 14.5. The molecule has 0 saturated carbocycles. The first kappa shape index (κ1) is 41.5. The first-order chi connectivity index (χ1) is 24.3. The standard InChI is InChI=1S/C37H52ClN3O10S/c1-20-11-10-12-28(48-9)37(46)19-27(49-35(45)39-37)22(3)33-36(5,51-33)29(50-34(44)23(4)40(6)30(42)14-13-21(2)52)18-31(43)41(7)25-16-24(15-20)17-26(47-8)32(25)38/h10-12,16-17,21-23,27-29,33,46,52H,13-15,18-19H2,1-9H3,(H,39,45)/b12-10+,20-11+. The Morgan fingerprint density at radius 2 is 1.94 bits per heavy atom. The predicted octanol–water partition coefficient (Wildman–Crippen LogP) is 4.61. The fourth-order valence-corrected chi connectivity index (χ4v) is 7.17. The number of thiol groups is 1. The van der Waals surface area contributed by atoms with Crippen LogP contribution in [0.3, 0.4) is 0 Å². The first-order valence-electron chi connectivity index (χ1n) is 17.4. The lowest BCUT2D eigenvalue weighted by Crippen LogP contribution is -2.63. The highest BCUT2D eigenvalue weighted by Gasteiger charge is 2.64. The van der Waals surface area contributed by atoms with E-state index in [1.54, 1.807) is 52.1 Å². The number of nitrogens with zero attached hydrogens (tertiary/aromatic N) is 2. The first-order valence-corrected chi connectivity index (χ1v) is 18.3. The molecule has 288 valence electrons. The van der Waals surface area contributed by atoms with E-state index in [9.17, 15) is 24.3 Å². The van der Waals surface area contributed by atoms with Crippen LogP contribution in [0.4, 0.5) is 10.5 Å². The molecule has 3 aliphatic rings. The topological polar surface area (TPSA) is 156 Å². The van der Waals surface area contributed by atoms with Crippen molar-refractivity contribution in [1.82, 2.24) is 10.2 Å². The third-order valence-electron chi connectivity index (χ3n) is 10.3. The van der Waals surface area contributed by atoms with Crippen molar-refractivity contribution in [1.29, 1.82) is 0 Å². The maximum Gasteiger partial charge on any atom is 0.409 e. The number of allylic oxidation sites excluding steroid dienone is 3. The molecule has 0 radical (unpaired) electrons. The smallest absolute Gasteiger partial charge is 0.409 e. The molecule has 4 rings (SSSR count). The second kappa shape index (κ2) is 16.8. The van der Waals surface area contributed by atoms with Crippen molar-refractivity contribution in [2.45, 2.75) is 114 Å². The number of amides is 3. The molecule has 9 atom stereocenters. The Labute approximate surface area is 316 Å². The van der Waals surface area contributed by atoms with Crippen LogP contribution in [-0.4, -0.2) is 109 Å². The van der Waals surface area contributed by atoms with Gasteiger partial charge in [-0.3, -0.25) is 14.9 Å². The van der Waals surface area contributed by atoms with Crippen LogP contribution in [0.25, 0.3) is 0 Å². The number of esters is 1. The molecule has 15 heteroatoms. The average molecular weight is 766 g/mol. The van der Waals surface area contributed by atoms with Gasteiger partial charge in [0, 0.05) is 40.0 Å². The highest BCUT2D eigenvalue weighted by atomic mass is 35.5. The van der Waals surface area contributed by atoms with Crippen LogP contribution in [0.15, 0.2) is 35.9 Å². The summed E-state index contributed by atoms with van der Waals surface area (Å²) < 4.78 is 29.2. The lowest BCUT2D eigenvalue weighted by atomic mass is 9.83. The van der Waals surface area contributed by atoms with E-state index in [0.29, 0.717) is 24.3 Å². The van der Waals surface area contributed by atoms with E-state index in [4.69, 9.17) is 35.3 Å². The summed E-state index contributed by atoms with van der Waals surface area (Å²) in [7, 11) is 6.02. The number of halogens is 1. The zero-order valence-corrected chi connectivity index (χ0v) is 33.0. The zero-order chi connectivity index (χ0) is 38.7. The van der Waals surface area contributed by atoms with Crippen LogP contribution in [0.1, 0.15) is 65.9 Å². The highest BCUT2D eigenvalue weighted by Crippen LogP contribution is 2.49. The van der Waals surface area contributed by atoms with Crippen molar-refractivity contribution in [3.63, 3.8) is 0 Å². The Bertz CT molecular complexity index is 1590. The van der Waals surface area contributed by atoms with E-state index >= 15 is 0 Å². The van der Waals surface area contributed by atoms with E-state index in [-0.39, 0.29) is 35.4 Å². The van der Waals surface area contributed by atoms with E-state index in [2.05, 4.69) is 17.9 Å². The van der Waals surface area contributed by atoms with Gasteiger partial charge < -0.3 is 38.6 Å². The van der Waals surface area contributed by atoms with Gasteiger partial charge in [0.25, 0.3) is 0 Å². The van der Waals surface area contributed by atoms with E-state index in [1.807, 2.05) is 19.9 Å². The summed E-state index contributed by atoms with van der Waals surface area (Å²) >= 11 is 11.1. The van der Waals surface area contributed by atoms with Crippen LogP contribution in [0, 0.1) is 5.92 Å². The molecule has 3 amide bonds. The second-order valence-corrected chi connectivity index (χ2v) is 15.6. The third-order valence-corrected chi connectivity index (χ3v) is 10.9. The lowest BCUT2D eigenvalue weighted by molar-refractivity contribution is -0.162. The van der Waals surface area contributed by atoms with Crippen LogP contribution in [0.5, 0.6) is 5.75 Å². The van der Waals surface area contributed by atoms with E-state index in [1.165, 1.54) is 31.1 Å². The molecule has 13 nitrogen and oxygen atoms in total. The fourth-order valence-electron chi connectivity index (χ4n) is 6.73. The molecule has 1 aromatic carbocycles. The number of hydrogen-bond acceptors (Lipinski definition) is 11. The molecule has 2 N–H and O–H groups in total. The van der Waals surface area contributed by atoms with Gasteiger partial charge in [-0.1, -0.05) is 49.2 Å². The number of carbonyl (C=O) groups excluding carboxylic acids is 4. The quantitative estimate of drug-likeness (QED) is 0.194. The van der Waals surface area contributed by atoms with Crippen molar-refractivity contribution < 1.29 is 48.0 Å². The van der Waals surface area contributed by atoms with Gasteiger partial charge in [0.2, 0.25) is 11.8 Å². The summed E-state index contributed by atoms with van der Waals surface area (Å²) in [6, 6.07) is 2.61. The molecule has 0 aromatic heterocycles. The number of alkyl carbamates (subject to hydrolysis) is 1. The van der Waals surface area contributed by atoms with Crippen LogP contribution < -0.4 is 15.0 Å². The van der Waals surface area contributed by atoms with Crippen molar-refractivity contribution >= 4 is 53.8 Å². The minimum absolute atomic E-state index is 0.00636. The number of ether oxygens (including phenoxy) is 5. The van der Waals surface area contributed by atoms with Crippen LogP contribution in [-0.2, 0) is 39.8 Å². The van der Waals surface area contributed by atoms with E-state index in [0.717, 1.165) is 11.1 Å². The number of likely N-dealkylation sites (N-methyl/N-ethyl adjacent to an activating group) is 1. The van der Waals surface area contributed by atoms with Crippen molar-refractivity contribution in [3.05, 3.63) is 46.5 Å². The molecule has 2 fully saturated rings. The molecule has 4 bridgehead atoms. The Balaban J connectivity index is 1.75. The molecular formula is C37H52ClN3O10S. The Hall–Kier alpha value is -3.30. The van der Waals surface area contributed by atoms with Gasteiger partial charge in [0.15, 0.2) is 5.72 Å². The molecule has 2 saturated heterocycles. The highest BCUT2D eigenvalue weighted by molar-refractivity contribution is 7.80. The van der Waals surface area contributed by atoms with Gasteiger partial charge in [-0.05, 0) is 56.6 Å². The second-order valence-electron chi connectivity index (χ2n) is 14.3. The number of hydrogen-bond donors (Lipinski definition) is 3. The summed E-state index contributed by atoms with van der Waals surface area (Å²) in [6.45, 7) is 8.88. The van der Waals surface area contributed by atoms with Gasteiger partial charge in [-0.25, -0.2) is 9.59 Å². The monoisotopic (exact) mass is 765 g/mol. The van der Waals surface area contributed by atoms with Crippen molar-refractivity contribution in [2.24, 2.45) is 5.92 Å². The molecule has 1 aromatic rings. The molecule has 3 aliphatic heterocycles. The molecule has 0 aliphatic carbocycles. The normalized spacial score (nSPS) is 32.2. The molecule has 9 unspecified atom stereocenters. The number of fused-ring (bicyclic) bond motifs is 5. The summed E-state index contributed by atoms with van der Waals surface area (Å²) in [6.07, 6.45) is 1.69. The van der Waals surface area contributed by atoms with Gasteiger partial charge in [-0.15, -0.1) is 0 Å². The van der Waals surface area contributed by atoms with Crippen LogP contribution >= 0.6 is 24.2 Å². The van der Waals surface area contributed by atoms with Gasteiger partial charge in [0.05, 0.1) is 25.3 Å². The minimum Gasteiger partial charge on any atom is -0.495 e. The third kappa shape index (κ3) is 9.25. The Morgan fingerprint density at radius 3 is 2.58 bits per heavy atom. The molecule has 52 heavy (non-hydrogen) atoms. The summed E-state index contributed by atoms with van der Waals surface area (Å²) in [5.74, 6) is -1.56. The maximum absolute atomic E-state index is 14.1. The maximum atomic E-state index is 14.1. The van der Waals surface area contributed by atoms with Crippen LogP contribution in [0.2, 0.25) is 5.02 Å². The average Bonchev–Trinajstić information content (AvgIpc) is 3.79. The zero-order valence-electron chi connectivity index (χ0n) is 31.3. The van der Waals surface area contributed by atoms with Crippen molar-refractivity contribution in [3.8, 4) is 5.75 Å². The van der Waals surface area contributed by atoms with Crippen molar-refractivity contribution in [2.75, 3.05) is 33.2 Å². The lowest BCUT2D eigenvalue weighted by Gasteiger charge is -2.42. The number of carbonyl (C=O) groups is 4. The fraction of sp³-hybridized carbons (Fsp3) is 0.622. The Morgan fingerprint density at radius 1 is 1.25 bits per heavy atom. The number of nitrogens with one attached hydrogen (secondary N) is 1. The van der Waals surface area contributed by atoms with Gasteiger partial charge in [0.1, 0.15) is 40.7 Å². The Kier molecular flexibility index (Phi) is 13.4. The van der Waals surface area contributed by atoms with E-state index < -0.39 is 65.7 Å². The molecular weight excluding hydrogens is 714 g/mol. The number of benzene rings is 1. The number of epoxide rings is 1.